The largest absolute Gasteiger partial charge is 0.393 e. The van der Waals surface area contributed by atoms with E-state index in [1.165, 1.54) is 0 Å². The van der Waals surface area contributed by atoms with Gasteiger partial charge in [0.15, 0.2) is 0 Å². The minimum Gasteiger partial charge on any atom is -0.393 e. The summed E-state index contributed by atoms with van der Waals surface area (Å²) < 4.78 is 4.90. The third-order valence-electron chi connectivity index (χ3n) is 2.47. The van der Waals surface area contributed by atoms with Gasteiger partial charge in [-0.05, 0) is 39.7 Å². The van der Waals surface area contributed by atoms with Crippen molar-refractivity contribution >= 4 is 5.91 Å². The average molecular weight is 246 g/mol. The van der Waals surface area contributed by atoms with Crippen LogP contribution in [0.5, 0.6) is 0 Å². The second kappa shape index (κ2) is 10.5. The molecule has 0 aromatic rings. The van der Waals surface area contributed by atoms with Crippen molar-refractivity contribution < 1.29 is 14.6 Å². The predicted molar refractivity (Wildman–Crippen MR) is 67.9 cm³/mol. The molecule has 102 valence electrons. The van der Waals surface area contributed by atoms with Crippen molar-refractivity contribution in [1.29, 1.82) is 0 Å². The summed E-state index contributed by atoms with van der Waals surface area (Å²) in [6.45, 7) is 5.67. The number of rotatable bonds is 10. The quantitative estimate of drug-likeness (QED) is 0.484. The Morgan fingerprint density at radius 3 is 2.59 bits per heavy atom. The molecule has 3 N–H and O–H groups in total. The molecule has 0 saturated heterocycles. The zero-order valence-corrected chi connectivity index (χ0v) is 11.2. The Morgan fingerprint density at radius 2 is 2.00 bits per heavy atom. The number of ether oxygens (including phenoxy) is 1. The number of aliphatic hydroxyl groups is 1. The van der Waals surface area contributed by atoms with Crippen LogP contribution in [0.2, 0.25) is 0 Å². The van der Waals surface area contributed by atoms with Crippen LogP contribution >= 0.6 is 0 Å². The number of amides is 1. The minimum atomic E-state index is -0.269. The van der Waals surface area contributed by atoms with Crippen LogP contribution in [0, 0.1) is 0 Å². The Morgan fingerprint density at radius 1 is 1.29 bits per heavy atom. The Balaban J connectivity index is 3.47. The van der Waals surface area contributed by atoms with Gasteiger partial charge in [0.25, 0.3) is 0 Å². The lowest BCUT2D eigenvalue weighted by Gasteiger charge is -2.14. The van der Waals surface area contributed by atoms with Gasteiger partial charge in [0.1, 0.15) is 0 Å². The van der Waals surface area contributed by atoms with Gasteiger partial charge in [-0.2, -0.15) is 0 Å². The molecule has 1 amide bonds. The Hall–Kier alpha value is -0.650. The topological polar surface area (TPSA) is 70.6 Å². The molecule has 0 aromatic heterocycles. The number of nitrogens with one attached hydrogen (secondary N) is 2. The second-order valence-electron chi connectivity index (χ2n) is 4.30. The van der Waals surface area contributed by atoms with E-state index in [9.17, 15) is 4.79 Å². The highest BCUT2D eigenvalue weighted by Gasteiger charge is 2.10. The molecule has 5 nitrogen and oxygen atoms in total. The minimum absolute atomic E-state index is 0.0122. The molecule has 2 atom stereocenters. The molecule has 0 aromatic carbocycles. The predicted octanol–water partition coefficient (Wildman–Crippen LogP) is 0.278. The maximum absolute atomic E-state index is 11.6. The van der Waals surface area contributed by atoms with Crippen LogP contribution in [0.1, 0.15) is 33.1 Å². The van der Waals surface area contributed by atoms with Crippen molar-refractivity contribution in [1.82, 2.24) is 10.6 Å². The molecule has 0 saturated carbocycles. The van der Waals surface area contributed by atoms with Crippen molar-refractivity contribution in [2.24, 2.45) is 0 Å². The molecular formula is C12H26N2O3. The summed E-state index contributed by atoms with van der Waals surface area (Å²) in [7, 11) is 1.65. The van der Waals surface area contributed by atoms with Crippen molar-refractivity contribution in [2.75, 3.05) is 26.8 Å². The SMILES string of the molecule is COCCCNC(=O)C(C)NCCCC(C)O. The molecule has 5 heteroatoms. The maximum atomic E-state index is 11.6. The van der Waals surface area contributed by atoms with Gasteiger partial charge < -0.3 is 20.5 Å². The maximum Gasteiger partial charge on any atom is 0.236 e. The number of carbonyl (C=O) groups is 1. The normalized spacial score (nSPS) is 14.4. The van der Waals surface area contributed by atoms with Crippen LogP contribution in [0.15, 0.2) is 0 Å². The number of carbonyl (C=O) groups excluding carboxylic acids is 1. The summed E-state index contributed by atoms with van der Waals surface area (Å²) in [4.78, 5) is 11.6. The molecular weight excluding hydrogens is 220 g/mol. The highest BCUT2D eigenvalue weighted by molar-refractivity contribution is 5.81. The van der Waals surface area contributed by atoms with E-state index < -0.39 is 0 Å². The summed E-state index contributed by atoms with van der Waals surface area (Å²) in [5.41, 5.74) is 0. The van der Waals surface area contributed by atoms with Gasteiger partial charge in [0.2, 0.25) is 5.91 Å². The van der Waals surface area contributed by atoms with E-state index in [1.54, 1.807) is 14.0 Å². The molecule has 0 heterocycles. The van der Waals surface area contributed by atoms with E-state index in [0.717, 1.165) is 25.8 Å². The Kier molecular flexibility index (Phi) is 10.1. The van der Waals surface area contributed by atoms with E-state index in [4.69, 9.17) is 9.84 Å². The van der Waals surface area contributed by atoms with Gasteiger partial charge in [0, 0.05) is 20.3 Å². The molecule has 0 aliphatic carbocycles. The van der Waals surface area contributed by atoms with Crippen LogP contribution in [-0.4, -0.2) is 50.0 Å². The van der Waals surface area contributed by atoms with Crippen molar-refractivity contribution in [3.05, 3.63) is 0 Å². The molecule has 2 unspecified atom stereocenters. The molecule has 0 rings (SSSR count). The van der Waals surface area contributed by atoms with E-state index in [-0.39, 0.29) is 18.1 Å². The van der Waals surface area contributed by atoms with Gasteiger partial charge in [0.05, 0.1) is 12.1 Å². The fraction of sp³-hybridized carbons (Fsp3) is 0.917. The van der Waals surface area contributed by atoms with Crippen LogP contribution in [0.4, 0.5) is 0 Å². The molecule has 0 aliphatic heterocycles. The molecule has 0 spiro atoms. The highest BCUT2D eigenvalue weighted by atomic mass is 16.5. The van der Waals surface area contributed by atoms with E-state index >= 15 is 0 Å². The standard InChI is InChI=1S/C12H26N2O3/c1-10(15)6-4-7-13-11(2)12(16)14-8-5-9-17-3/h10-11,13,15H,4-9H2,1-3H3,(H,14,16). The lowest BCUT2D eigenvalue weighted by molar-refractivity contribution is -0.122. The third-order valence-corrected chi connectivity index (χ3v) is 2.47. The first kappa shape index (κ1) is 16.4. The van der Waals surface area contributed by atoms with Crippen LogP contribution < -0.4 is 10.6 Å². The number of aliphatic hydroxyl groups excluding tert-OH is 1. The summed E-state index contributed by atoms with van der Waals surface area (Å²) in [5, 5.41) is 15.0. The third kappa shape index (κ3) is 10.2. The van der Waals surface area contributed by atoms with E-state index in [2.05, 4.69) is 10.6 Å². The summed E-state index contributed by atoms with van der Waals surface area (Å²) in [5.74, 6) is 0.0122. The van der Waals surface area contributed by atoms with Crippen molar-refractivity contribution in [3.63, 3.8) is 0 Å². The molecule has 0 fully saturated rings. The van der Waals surface area contributed by atoms with Crippen LogP contribution in [-0.2, 0) is 9.53 Å². The summed E-state index contributed by atoms with van der Waals surface area (Å²) in [6.07, 6.45) is 2.19. The fourth-order valence-corrected chi connectivity index (χ4v) is 1.39. The van der Waals surface area contributed by atoms with Crippen LogP contribution in [0.25, 0.3) is 0 Å². The average Bonchev–Trinajstić information content (AvgIpc) is 2.29. The zero-order valence-electron chi connectivity index (χ0n) is 11.2. The molecule has 0 bridgehead atoms. The molecule has 0 aliphatic rings. The fourth-order valence-electron chi connectivity index (χ4n) is 1.39. The summed E-state index contributed by atoms with van der Waals surface area (Å²) in [6, 6.07) is -0.188. The summed E-state index contributed by atoms with van der Waals surface area (Å²) >= 11 is 0. The second-order valence-corrected chi connectivity index (χ2v) is 4.30. The van der Waals surface area contributed by atoms with Gasteiger partial charge in [-0.15, -0.1) is 0 Å². The van der Waals surface area contributed by atoms with Gasteiger partial charge in [-0.1, -0.05) is 0 Å². The lowest BCUT2D eigenvalue weighted by atomic mass is 10.2. The van der Waals surface area contributed by atoms with Crippen molar-refractivity contribution in [2.45, 2.75) is 45.3 Å². The van der Waals surface area contributed by atoms with Gasteiger partial charge in [-0.3, -0.25) is 4.79 Å². The monoisotopic (exact) mass is 246 g/mol. The van der Waals surface area contributed by atoms with Crippen molar-refractivity contribution in [3.8, 4) is 0 Å². The first-order chi connectivity index (χ1) is 8.07. The van der Waals surface area contributed by atoms with Gasteiger partial charge >= 0.3 is 0 Å². The lowest BCUT2D eigenvalue weighted by Crippen LogP contribution is -2.43. The Bertz CT molecular complexity index is 198. The number of hydrogen-bond acceptors (Lipinski definition) is 4. The van der Waals surface area contributed by atoms with E-state index in [0.29, 0.717) is 13.2 Å². The molecule has 0 radical (unpaired) electrons. The zero-order chi connectivity index (χ0) is 13.1. The first-order valence-electron chi connectivity index (χ1n) is 6.26. The smallest absolute Gasteiger partial charge is 0.236 e. The first-order valence-corrected chi connectivity index (χ1v) is 6.26. The number of hydrogen-bond donors (Lipinski definition) is 3. The van der Waals surface area contributed by atoms with Gasteiger partial charge in [-0.25, -0.2) is 0 Å². The molecule has 17 heavy (non-hydrogen) atoms. The number of methoxy groups -OCH3 is 1. The Labute approximate surface area is 104 Å². The highest BCUT2D eigenvalue weighted by Crippen LogP contribution is 1.94. The van der Waals surface area contributed by atoms with E-state index in [1.807, 2.05) is 6.92 Å². The van der Waals surface area contributed by atoms with Crippen LogP contribution in [0.3, 0.4) is 0 Å².